The van der Waals surface area contributed by atoms with Gasteiger partial charge in [0.2, 0.25) is 0 Å². The highest BCUT2D eigenvalue weighted by atomic mass is 79.9. The quantitative estimate of drug-likeness (QED) is 0.895. The lowest BCUT2D eigenvalue weighted by molar-refractivity contribution is 0.493. The van der Waals surface area contributed by atoms with Gasteiger partial charge in [-0.15, -0.1) is 0 Å². The topological polar surface area (TPSA) is 12.0 Å². The first-order valence-corrected chi connectivity index (χ1v) is 8.11. The molecule has 1 atom stereocenters. The van der Waals surface area contributed by atoms with Crippen molar-refractivity contribution in [1.29, 1.82) is 0 Å². The molecule has 3 heteroatoms. The molecule has 0 spiro atoms. The molecule has 0 bridgehead atoms. The standard InChI is InChI=1S/C14H20BrNS/c1-14(2,17-3)9-16-13-8-7-10-11(13)5-4-6-12(10)15/h4-6,13,16H,7-9H2,1-3H3. The zero-order valence-electron chi connectivity index (χ0n) is 10.7. The van der Waals surface area contributed by atoms with Gasteiger partial charge in [-0.25, -0.2) is 0 Å². The highest BCUT2D eigenvalue weighted by Gasteiger charge is 2.25. The van der Waals surface area contributed by atoms with Crippen LogP contribution in [0.25, 0.3) is 0 Å². The van der Waals surface area contributed by atoms with E-state index in [1.165, 1.54) is 28.4 Å². The van der Waals surface area contributed by atoms with Crippen LogP contribution in [0.4, 0.5) is 0 Å². The normalized spacial score (nSPS) is 19.4. The summed E-state index contributed by atoms with van der Waals surface area (Å²) in [7, 11) is 0. The number of halogens is 1. The number of hydrogen-bond acceptors (Lipinski definition) is 2. The van der Waals surface area contributed by atoms with Gasteiger partial charge >= 0.3 is 0 Å². The van der Waals surface area contributed by atoms with Gasteiger partial charge < -0.3 is 5.32 Å². The molecule has 1 aliphatic carbocycles. The Labute approximate surface area is 117 Å². The molecule has 1 unspecified atom stereocenters. The Morgan fingerprint density at radius 3 is 2.94 bits per heavy atom. The largest absolute Gasteiger partial charge is 0.309 e. The van der Waals surface area contributed by atoms with E-state index in [-0.39, 0.29) is 0 Å². The first kappa shape index (κ1) is 13.4. The number of hydrogen-bond donors (Lipinski definition) is 1. The Morgan fingerprint density at radius 1 is 1.47 bits per heavy atom. The van der Waals surface area contributed by atoms with Crippen LogP contribution in [0.3, 0.4) is 0 Å². The molecule has 1 N–H and O–H groups in total. The van der Waals surface area contributed by atoms with E-state index in [1.807, 2.05) is 11.8 Å². The number of thioether (sulfide) groups is 1. The molecule has 0 aromatic heterocycles. The summed E-state index contributed by atoms with van der Waals surface area (Å²) in [5.41, 5.74) is 2.98. The molecule has 0 fully saturated rings. The average molecular weight is 314 g/mol. The summed E-state index contributed by atoms with van der Waals surface area (Å²) in [4.78, 5) is 0. The van der Waals surface area contributed by atoms with Gasteiger partial charge in [-0.3, -0.25) is 0 Å². The minimum atomic E-state index is 0.314. The van der Waals surface area contributed by atoms with Crippen molar-refractivity contribution in [1.82, 2.24) is 5.32 Å². The predicted octanol–water partition coefficient (Wildman–Crippen LogP) is 4.17. The Bertz CT molecular complexity index is 403. The second kappa shape index (κ2) is 5.33. The van der Waals surface area contributed by atoms with E-state index in [0.717, 1.165) is 6.54 Å². The summed E-state index contributed by atoms with van der Waals surface area (Å²) in [6, 6.07) is 7.08. The molecule has 2 rings (SSSR count). The van der Waals surface area contributed by atoms with Crippen LogP contribution >= 0.6 is 27.7 Å². The van der Waals surface area contributed by atoms with Crippen LogP contribution in [-0.4, -0.2) is 17.5 Å². The van der Waals surface area contributed by atoms with Crippen LogP contribution in [-0.2, 0) is 6.42 Å². The summed E-state index contributed by atoms with van der Waals surface area (Å²) in [6.07, 6.45) is 4.59. The number of rotatable bonds is 4. The van der Waals surface area contributed by atoms with Gasteiger partial charge in [0, 0.05) is 21.8 Å². The minimum absolute atomic E-state index is 0.314. The van der Waals surface area contributed by atoms with Gasteiger partial charge in [0.15, 0.2) is 0 Å². The lowest BCUT2D eigenvalue weighted by Gasteiger charge is -2.25. The van der Waals surface area contributed by atoms with E-state index < -0.39 is 0 Å². The SMILES string of the molecule is CSC(C)(C)CNC1CCc2c(Br)cccc21. The third kappa shape index (κ3) is 3.07. The summed E-state index contributed by atoms with van der Waals surface area (Å²) < 4.78 is 1.58. The fourth-order valence-corrected chi connectivity index (χ4v) is 3.07. The third-order valence-corrected chi connectivity index (χ3v) is 5.53. The van der Waals surface area contributed by atoms with Crippen molar-refractivity contribution in [3.05, 3.63) is 33.8 Å². The zero-order chi connectivity index (χ0) is 12.5. The second-order valence-corrected chi connectivity index (χ2v) is 7.61. The Morgan fingerprint density at radius 2 is 2.24 bits per heavy atom. The van der Waals surface area contributed by atoms with Crippen molar-refractivity contribution in [2.75, 3.05) is 12.8 Å². The molecule has 17 heavy (non-hydrogen) atoms. The molecule has 1 nitrogen and oxygen atoms in total. The molecule has 0 saturated carbocycles. The van der Waals surface area contributed by atoms with Crippen LogP contribution in [0.5, 0.6) is 0 Å². The minimum Gasteiger partial charge on any atom is -0.309 e. The molecule has 94 valence electrons. The Balaban J connectivity index is 2.05. The van der Waals surface area contributed by atoms with E-state index in [0.29, 0.717) is 10.8 Å². The van der Waals surface area contributed by atoms with Crippen molar-refractivity contribution in [3.8, 4) is 0 Å². The highest BCUT2D eigenvalue weighted by Crippen LogP contribution is 2.36. The van der Waals surface area contributed by atoms with Gasteiger partial charge in [-0.1, -0.05) is 28.1 Å². The number of benzene rings is 1. The second-order valence-electron chi connectivity index (χ2n) is 5.24. The Hall–Kier alpha value is 0.0100. The van der Waals surface area contributed by atoms with Crippen LogP contribution in [0.1, 0.15) is 37.4 Å². The predicted molar refractivity (Wildman–Crippen MR) is 80.8 cm³/mol. The maximum atomic E-state index is 3.71. The summed E-state index contributed by atoms with van der Waals surface area (Å²) in [5.74, 6) is 0. The molecule has 0 aliphatic heterocycles. The molecule has 1 aromatic carbocycles. The van der Waals surface area contributed by atoms with Gasteiger partial charge in [0.25, 0.3) is 0 Å². The Kier molecular flexibility index (Phi) is 4.22. The first-order valence-electron chi connectivity index (χ1n) is 6.09. The van der Waals surface area contributed by atoms with Crippen molar-refractivity contribution in [2.24, 2.45) is 0 Å². The van der Waals surface area contributed by atoms with Crippen molar-refractivity contribution in [2.45, 2.75) is 37.5 Å². The zero-order valence-corrected chi connectivity index (χ0v) is 13.1. The van der Waals surface area contributed by atoms with E-state index in [2.05, 4.69) is 59.5 Å². The van der Waals surface area contributed by atoms with Crippen LogP contribution < -0.4 is 5.32 Å². The lowest BCUT2D eigenvalue weighted by Crippen LogP contribution is -2.33. The summed E-state index contributed by atoms with van der Waals surface area (Å²) in [5, 5.41) is 3.71. The first-order chi connectivity index (χ1) is 8.03. The molecule has 0 radical (unpaired) electrons. The van der Waals surface area contributed by atoms with Gasteiger partial charge in [0.05, 0.1) is 0 Å². The number of fused-ring (bicyclic) bond motifs is 1. The lowest BCUT2D eigenvalue weighted by atomic mass is 10.1. The maximum absolute atomic E-state index is 3.71. The maximum Gasteiger partial charge on any atom is 0.0327 e. The smallest absolute Gasteiger partial charge is 0.0327 e. The molecular formula is C14H20BrNS. The fourth-order valence-electron chi connectivity index (χ4n) is 2.26. The molecule has 1 aliphatic rings. The van der Waals surface area contributed by atoms with Crippen LogP contribution in [0, 0.1) is 0 Å². The fraction of sp³-hybridized carbons (Fsp3) is 0.571. The monoisotopic (exact) mass is 313 g/mol. The third-order valence-electron chi connectivity index (χ3n) is 3.54. The molecule has 0 saturated heterocycles. The molecule has 0 amide bonds. The van der Waals surface area contributed by atoms with Crippen molar-refractivity contribution in [3.63, 3.8) is 0 Å². The van der Waals surface area contributed by atoms with E-state index in [9.17, 15) is 0 Å². The van der Waals surface area contributed by atoms with Gasteiger partial charge in [-0.05, 0) is 50.1 Å². The van der Waals surface area contributed by atoms with E-state index in [1.54, 1.807) is 0 Å². The molecule has 0 heterocycles. The van der Waals surface area contributed by atoms with E-state index >= 15 is 0 Å². The van der Waals surface area contributed by atoms with Crippen molar-refractivity contribution < 1.29 is 0 Å². The number of nitrogens with one attached hydrogen (secondary N) is 1. The van der Waals surface area contributed by atoms with Crippen LogP contribution in [0.2, 0.25) is 0 Å². The molecule has 1 aromatic rings. The average Bonchev–Trinajstić information content (AvgIpc) is 2.71. The van der Waals surface area contributed by atoms with Gasteiger partial charge in [0.1, 0.15) is 0 Å². The van der Waals surface area contributed by atoms with Crippen LogP contribution in [0.15, 0.2) is 22.7 Å². The van der Waals surface area contributed by atoms with Gasteiger partial charge in [-0.2, -0.15) is 11.8 Å². The van der Waals surface area contributed by atoms with E-state index in [4.69, 9.17) is 0 Å². The highest BCUT2D eigenvalue weighted by molar-refractivity contribution is 9.10. The van der Waals surface area contributed by atoms with Crippen molar-refractivity contribution >= 4 is 27.7 Å². The summed E-state index contributed by atoms with van der Waals surface area (Å²) in [6.45, 7) is 5.65. The molecular weight excluding hydrogens is 294 g/mol. The summed E-state index contributed by atoms with van der Waals surface area (Å²) >= 11 is 5.57.